The number of esters is 2. The van der Waals surface area contributed by atoms with Gasteiger partial charge in [-0.2, -0.15) is 0 Å². The first kappa shape index (κ1) is 24.4. The molecule has 3 aromatic rings. The molecule has 176 valence electrons. The van der Waals surface area contributed by atoms with Crippen LogP contribution in [0.2, 0.25) is 0 Å². The number of hydrogen-bond acceptors (Lipinski definition) is 7. The number of benzene rings is 2. The summed E-state index contributed by atoms with van der Waals surface area (Å²) in [6.07, 6.45) is 2.87. The van der Waals surface area contributed by atoms with Gasteiger partial charge in [0.15, 0.2) is 0 Å². The molecule has 0 spiro atoms. The highest BCUT2D eigenvalue weighted by molar-refractivity contribution is 6.00. The smallest absolute Gasteiger partial charge is 0.338 e. The van der Waals surface area contributed by atoms with Gasteiger partial charge in [0.1, 0.15) is 5.82 Å². The molecule has 2 N–H and O–H groups in total. The standard InChI is InChI=1S/C26H27N3O5/c1-4-6-23(30)29-22-7-5-14-27-24(22)28-16-17-8-10-18(11-9-17)21-15-19(25(31)33-2)12-13-20(21)26(32)34-3/h5,7-15H,4,6,16H2,1-3H3,(H,27,28)(H,29,30). The van der Waals surface area contributed by atoms with Crippen LogP contribution in [0.15, 0.2) is 60.8 Å². The second-order valence-electron chi connectivity index (χ2n) is 7.49. The van der Waals surface area contributed by atoms with E-state index >= 15 is 0 Å². The number of amides is 1. The molecule has 0 bridgehead atoms. The monoisotopic (exact) mass is 461 g/mol. The lowest BCUT2D eigenvalue weighted by Gasteiger charge is -2.13. The number of ether oxygens (including phenoxy) is 2. The molecular formula is C26H27N3O5. The van der Waals surface area contributed by atoms with Crippen molar-refractivity contribution in [2.45, 2.75) is 26.3 Å². The van der Waals surface area contributed by atoms with Crippen molar-refractivity contribution in [1.82, 2.24) is 4.98 Å². The molecule has 2 aromatic carbocycles. The fourth-order valence-electron chi connectivity index (χ4n) is 3.39. The van der Waals surface area contributed by atoms with Crippen molar-refractivity contribution in [2.24, 2.45) is 0 Å². The number of nitrogens with zero attached hydrogens (tertiary/aromatic N) is 1. The second-order valence-corrected chi connectivity index (χ2v) is 7.49. The van der Waals surface area contributed by atoms with E-state index in [1.165, 1.54) is 20.3 Å². The van der Waals surface area contributed by atoms with Crippen LogP contribution in [-0.4, -0.2) is 37.0 Å². The number of carbonyl (C=O) groups excluding carboxylic acids is 3. The van der Waals surface area contributed by atoms with Crippen LogP contribution in [-0.2, 0) is 20.8 Å². The van der Waals surface area contributed by atoms with Crippen LogP contribution in [0, 0.1) is 0 Å². The minimum Gasteiger partial charge on any atom is -0.465 e. The lowest BCUT2D eigenvalue weighted by atomic mass is 9.96. The lowest BCUT2D eigenvalue weighted by Crippen LogP contribution is -2.13. The summed E-state index contributed by atoms with van der Waals surface area (Å²) in [5.74, 6) is -0.464. The van der Waals surface area contributed by atoms with Gasteiger partial charge in [-0.1, -0.05) is 31.2 Å². The summed E-state index contributed by atoms with van der Waals surface area (Å²) in [6, 6.07) is 15.8. The number of methoxy groups -OCH3 is 2. The van der Waals surface area contributed by atoms with Crippen LogP contribution >= 0.6 is 0 Å². The summed E-state index contributed by atoms with van der Waals surface area (Å²) in [5, 5.41) is 6.12. The zero-order valence-electron chi connectivity index (χ0n) is 19.4. The van der Waals surface area contributed by atoms with E-state index in [4.69, 9.17) is 9.47 Å². The molecule has 0 unspecified atom stereocenters. The number of anilines is 2. The highest BCUT2D eigenvalue weighted by Crippen LogP contribution is 2.27. The molecule has 1 aromatic heterocycles. The first-order valence-electron chi connectivity index (χ1n) is 10.9. The minimum absolute atomic E-state index is 0.0569. The van der Waals surface area contributed by atoms with Gasteiger partial charge in [0.2, 0.25) is 5.91 Å². The first-order valence-corrected chi connectivity index (χ1v) is 10.9. The van der Waals surface area contributed by atoms with Crippen LogP contribution in [0.5, 0.6) is 0 Å². The van der Waals surface area contributed by atoms with Crippen molar-refractivity contribution >= 4 is 29.4 Å². The molecule has 0 aliphatic carbocycles. The summed E-state index contributed by atoms with van der Waals surface area (Å²) < 4.78 is 9.69. The molecular weight excluding hydrogens is 434 g/mol. The maximum absolute atomic E-state index is 12.2. The topological polar surface area (TPSA) is 107 Å². The summed E-state index contributed by atoms with van der Waals surface area (Å²) in [6.45, 7) is 2.42. The number of rotatable bonds is 9. The number of aromatic nitrogens is 1. The average Bonchev–Trinajstić information content (AvgIpc) is 2.87. The molecule has 0 saturated heterocycles. The number of pyridine rings is 1. The van der Waals surface area contributed by atoms with Gasteiger partial charge in [0.25, 0.3) is 0 Å². The van der Waals surface area contributed by atoms with E-state index in [0.717, 1.165) is 17.5 Å². The van der Waals surface area contributed by atoms with Crippen molar-refractivity contribution < 1.29 is 23.9 Å². The highest BCUT2D eigenvalue weighted by atomic mass is 16.5. The summed E-state index contributed by atoms with van der Waals surface area (Å²) in [4.78, 5) is 40.5. The molecule has 34 heavy (non-hydrogen) atoms. The van der Waals surface area contributed by atoms with Gasteiger partial charge >= 0.3 is 11.9 Å². The molecule has 8 nitrogen and oxygen atoms in total. The maximum Gasteiger partial charge on any atom is 0.338 e. The van der Waals surface area contributed by atoms with Crippen LogP contribution in [0.25, 0.3) is 11.1 Å². The normalized spacial score (nSPS) is 10.3. The molecule has 0 atom stereocenters. The summed E-state index contributed by atoms with van der Waals surface area (Å²) in [7, 11) is 2.62. The zero-order valence-corrected chi connectivity index (χ0v) is 19.4. The largest absolute Gasteiger partial charge is 0.465 e. The molecule has 3 rings (SSSR count). The van der Waals surface area contributed by atoms with Crippen molar-refractivity contribution in [2.75, 3.05) is 24.9 Å². The summed E-state index contributed by atoms with van der Waals surface area (Å²) >= 11 is 0. The number of hydrogen-bond donors (Lipinski definition) is 2. The predicted octanol–water partition coefficient (Wildman–Crippen LogP) is 4.67. The van der Waals surface area contributed by atoms with E-state index in [1.807, 2.05) is 31.2 Å². The zero-order chi connectivity index (χ0) is 24.5. The summed E-state index contributed by atoms with van der Waals surface area (Å²) in [5.41, 5.74) is 3.59. The van der Waals surface area contributed by atoms with E-state index in [-0.39, 0.29) is 5.91 Å². The Morgan fingerprint density at radius 3 is 2.35 bits per heavy atom. The van der Waals surface area contributed by atoms with E-state index in [9.17, 15) is 14.4 Å². The molecule has 0 aliphatic rings. The molecule has 0 aliphatic heterocycles. The molecule has 0 saturated carbocycles. The van der Waals surface area contributed by atoms with E-state index < -0.39 is 11.9 Å². The average molecular weight is 462 g/mol. The van der Waals surface area contributed by atoms with Crippen LogP contribution in [0.3, 0.4) is 0 Å². The third kappa shape index (κ3) is 5.98. The Morgan fingerprint density at radius 1 is 0.941 bits per heavy atom. The van der Waals surface area contributed by atoms with Gasteiger partial charge in [0.05, 0.1) is 31.0 Å². The molecule has 1 amide bonds. The molecule has 1 heterocycles. The van der Waals surface area contributed by atoms with Crippen LogP contribution < -0.4 is 10.6 Å². The first-order chi connectivity index (χ1) is 16.5. The van der Waals surface area contributed by atoms with Crippen LogP contribution in [0.4, 0.5) is 11.5 Å². The second kappa shape index (κ2) is 11.6. The van der Waals surface area contributed by atoms with E-state index in [1.54, 1.807) is 30.5 Å². The Bertz CT molecular complexity index is 1180. The molecule has 0 radical (unpaired) electrons. The Hall–Kier alpha value is -4.20. The molecule has 8 heteroatoms. The number of carbonyl (C=O) groups is 3. The van der Waals surface area contributed by atoms with Crippen molar-refractivity contribution in [1.29, 1.82) is 0 Å². The van der Waals surface area contributed by atoms with Gasteiger partial charge in [-0.15, -0.1) is 0 Å². The maximum atomic E-state index is 12.2. The van der Waals surface area contributed by atoms with Crippen molar-refractivity contribution in [3.63, 3.8) is 0 Å². The highest BCUT2D eigenvalue weighted by Gasteiger charge is 2.17. The number of nitrogens with one attached hydrogen (secondary N) is 2. The minimum atomic E-state index is -0.495. The van der Waals surface area contributed by atoms with Crippen LogP contribution in [0.1, 0.15) is 46.0 Å². The third-order valence-corrected chi connectivity index (χ3v) is 5.13. The van der Waals surface area contributed by atoms with Gasteiger partial charge in [-0.25, -0.2) is 14.6 Å². The Balaban J connectivity index is 1.80. The van der Waals surface area contributed by atoms with E-state index in [0.29, 0.717) is 41.2 Å². The van der Waals surface area contributed by atoms with Crippen molar-refractivity contribution in [3.05, 3.63) is 77.5 Å². The predicted molar refractivity (Wildman–Crippen MR) is 130 cm³/mol. The lowest BCUT2D eigenvalue weighted by molar-refractivity contribution is -0.116. The van der Waals surface area contributed by atoms with Gasteiger partial charge in [-0.3, -0.25) is 4.79 Å². The Kier molecular flexibility index (Phi) is 8.34. The molecule has 0 fully saturated rings. The van der Waals surface area contributed by atoms with Gasteiger partial charge < -0.3 is 20.1 Å². The third-order valence-electron chi connectivity index (χ3n) is 5.13. The Labute approximate surface area is 198 Å². The van der Waals surface area contributed by atoms with Gasteiger partial charge in [-0.05, 0) is 53.4 Å². The fourth-order valence-corrected chi connectivity index (χ4v) is 3.39. The van der Waals surface area contributed by atoms with Gasteiger partial charge in [0, 0.05) is 19.2 Å². The fraction of sp³-hybridized carbons (Fsp3) is 0.231. The Morgan fingerprint density at radius 2 is 1.68 bits per heavy atom. The quantitative estimate of drug-likeness (QED) is 0.446. The van der Waals surface area contributed by atoms with Crippen molar-refractivity contribution in [3.8, 4) is 11.1 Å². The SMILES string of the molecule is CCCC(=O)Nc1cccnc1NCc1ccc(-c2cc(C(=O)OC)ccc2C(=O)OC)cc1. The van der Waals surface area contributed by atoms with E-state index in [2.05, 4.69) is 15.6 Å².